The van der Waals surface area contributed by atoms with Crippen molar-refractivity contribution in [3.05, 3.63) is 47.8 Å². The van der Waals surface area contributed by atoms with Gasteiger partial charge in [-0.3, -0.25) is 9.69 Å². The molecule has 14 heteroatoms. The number of hydrogen-bond donors (Lipinski definition) is 2. The first-order valence-corrected chi connectivity index (χ1v) is 17.0. The van der Waals surface area contributed by atoms with Gasteiger partial charge in [0.05, 0.1) is 41.6 Å². The Morgan fingerprint density at radius 1 is 1.17 bits per heavy atom. The van der Waals surface area contributed by atoms with Crippen molar-refractivity contribution in [2.45, 2.75) is 55.9 Å². The Labute approximate surface area is 266 Å². The number of amides is 1. The van der Waals surface area contributed by atoms with Crippen LogP contribution in [0.25, 0.3) is 11.0 Å². The molecule has 0 spiro atoms. The van der Waals surface area contributed by atoms with E-state index in [0.29, 0.717) is 23.0 Å². The summed E-state index contributed by atoms with van der Waals surface area (Å²) < 4.78 is 75.9. The van der Waals surface area contributed by atoms with Gasteiger partial charge in [-0.05, 0) is 55.5 Å². The highest BCUT2D eigenvalue weighted by atomic mass is 32.2. The van der Waals surface area contributed by atoms with Crippen LogP contribution in [0.2, 0.25) is 0 Å². The SMILES string of the molecule is COc1ccc(S(C)(=O)=O)cc1NCC#Cc1cc(C(=O)N[C@H]2CCN(C3CCOCC3)C[C@@H]2C)c2ncn(CC(F)(F)F)c2c1. The Bertz CT molecular complexity index is 1740. The highest BCUT2D eigenvalue weighted by Gasteiger charge is 2.33. The van der Waals surface area contributed by atoms with Crippen LogP contribution in [0.1, 0.15) is 42.1 Å². The molecule has 2 aliphatic rings. The van der Waals surface area contributed by atoms with E-state index >= 15 is 0 Å². The van der Waals surface area contributed by atoms with Gasteiger partial charge in [0, 0.05) is 50.2 Å². The van der Waals surface area contributed by atoms with Crippen molar-refractivity contribution in [1.29, 1.82) is 0 Å². The van der Waals surface area contributed by atoms with E-state index in [9.17, 15) is 26.4 Å². The van der Waals surface area contributed by atoms with Gasteiger partial charge in [-0.2, -0.15) is 13.2 Å². The van der Waals surface area contributed by atoms with Gasteiger partial charge < -0.3 is 24.7 Å². The summed E-state index contributed by atoms with van der Waals surface area (Å²) in [7, 11) is -2.00. The number of piperidine rings is 1. The predicted molar refractivity (Wildman–Crippen MR) is 168 cm³/mol. The van der Waals surface area contributed by atoms with E-state index < -0.39 is 28.5 Å². The molecule has 2 saturated heterocycles. The Hall–Kier alpha value is -3.80. The van der Waals surface area contributed by atoms with Crippen molar-refractivity contribution < 1.29 is 35.9 Å². The molecule has 0 bridgehead atoms. The minimum atomic E-state index is -4.49. The van der Waals surface area contributed by atoms with Crippen LogP contribution in [0.5, 0.6) is 5.75 Å². The Kier molecular flexibility index (Phi) is 10.1. The Balaban J connectivity index is 1.37. The predicted octanol–water partition coefficient (Wildman–Crippen LogP) is 4.09. The molecule has 10 nitrogen and oxygen atoms in total. The molecule has 5 rings (SSSR count). The third-order valence-corrected chi connectivity index (χ3v) is 9.59. The number of rotatable bonds is 8. The van der Waals surface area contributed by atoms with E-state index in [1.54, 1.807) is 6.07 Å². The molecule has 2 N–H and O–H groups in total. The second-order valence-corrected chi connectivity index (χ2v) is 13.9. The van der Waals surface area contributed by atoms with Crippen LogP contribution in [0.15, 0.2) is 41.6 Å². The number of sulfone groups is 1. The molecule has 3 heterocycles. The van der Waals surface area contributed by atoms with Crippen molar-refractivity contribution in [1.82, 2.24) is 19.8 Å². The number of benzene rings is 2. The van der Waals surface area contributed by atoms with E-state index in [0.717, 1.165) is 62.7 Å². The summed E-state index contributed by atoms with van der Waals surface area (Å²) in [6, 6.07) is 7.80. The number of anilines is 1. The molecule has 2 aromatic carbocycles. The average molecular weight is 662 g/mol. The van der Waals surface area contributed by atoms with E-state index in [2.05, 4.69) is 39.3 Å². The van der Waals surface area contributed by atoms with Crippen LogP contribution in [-0.4, -0.2) is 93.2 Å². The lowest BCUT2D eigenvalue weighted by molar-refractivity contribution is -0.139. The lowest BCUT2D eigenvalue weighted by atomic mass is 9.91. The van der Waals surface area contributed by atoms with Crippen molar-refractivity contribution in [3.63, 3.8) is 0 Å². The smallest absolute Gasteiger partial charge is 0.406 e. The molecule has 0 aliphatic carbocycles. The number of fused-ring (bicyclic) bond motifs is 1. The van der Waals surface area contributed by atoms with Crippen molar-refractivity contribution in [3.8, 4) is 17.6 Å². The number of ether oxygens (including phenoxy) is 2. The van der Waals surface area contributed by atoms with Gasteiger partial charge in [-0.1, -0.05) is 18.8 Å². The fraction of sp³-hybridized carbons (Fsp3) is 0.500. The maximum atomic E-state index is 13.7. The topological polar surface area (TPSA) is 115 Å². The first-order chi connectivity index (χ1) is 21.8. The van der Waals surface area contributed by atoms with E-state index in [4.69, 9.17) is 9.47 Å². The quantitative estimate of drug-likeness (QED) is 0.347. The molecular weight excluding hydrogens is 623 g/mol. The third-order valence-electron chi connectivity index (χ3n) is 8.48. The van der Waals surface area contributed by atoms with Gasteiger partial charge in [0.25, 0.3) is 5.91 Å². The fourth-order valence-electron chi connectivity index (χ4n) is 6.09. The number of carbonyl (C=O) groups excluding carboxylic acids is 1. The molecule has 2 atom stereocenters. The second-order valence-electron chi connectivity index (χ2n) is 11.9. The minimum absolute atomic E-state index is 0.0637. The molecule has 2 aliphatic heterocycles. The average Bonchev–Trinajstić information content (AvgIpc) is 3.40. The number of nitrogens with one attached hydrogen (secondary N) is 2. The van der Waals surface area contributed by atoms with Crippen LogP contribution < -0.4 is 15.4 Å². The zero-order chi connectivity index (χ0) is 33.1. The molecule has 0 saturated carbocycles. The molecule has 248 valence electrons. The van der Waals surface area contributed by atoms with Crippen LogP contribution in [0.4, 0.5) is 18.9 Å². The van der Waals surface area contributed by atoms with Gasteiger partial charge in [-0.15, -0.1) is 0 Å². The zero-order valence-electron chi connectivity index (χ0n) is 26.0. The second kappa shape index (κ2) is 13.9. The summed E-state index contributed by atoms with van der Waals surface area (Å²) in [5.74, 6) is 6.01. The summed E-state index contributed by atoms with van der Waals surface area (Å²) >= 11 is 0. The van der Waals surface area contributed by atoms with Gasteiger partial charge in [-0.25, -0.2) is 13.4 Å². The molecule has 2 fully saturated rings. The summed E-state index contributed by atoms with van der Waals surface area (Å²) in [4.78, 5) is 20.4. The molecule has 1 aromatic heterocycles. The monoisotopic (exact) mass is 661 g/mol. The lowest BCUT2D eigenvalue weighted by Gasteiger charge is -2.42. The summed E-state index contributed by atoms with van der Waals surface area (Å²) in [5, 5.41) is 6.14. The first-order valence-electron chi connectivity index (χ1n) is 15.1. The Morgan fingerprint density at radius 2 is 1.93 bits per heavy atom. The highest BCUT2D eigenvalue weighted by Crippen LogP contribution is 2.29. The third kappa shape index (κ3) is 8.12. The maximum Gasteiger partial charge on any atom is 0.406 e. The molecule has 0 radical (unpaired) electrons. The van der Waals surface area contributed by atoms with Crippen LogP contribution in [-0.2, 0) is 21.1 Å². The fourth-order valence-corrected chi connectivity index (χ4v) is 6.74. The number of likely N-dealkylation sites (tertiary alicyclic amines) is 1. The summed E-state index contributed by atoms with van der Waals surface area (Å²) in [5.41, 5.74) is 1.21. The molecule has 3 aromatic rings. The van der Waals surface area contributed by atoms with E-state index in [1.807, 2.05) is 0 Å². The molecule has 46 heavy (non-hydrogen) atoms. The van der Waals surface area contributed by atoms with E-state index in [-0.39, 0.29) is 40.0 Å². The summed E-state index contributed by atoms with van der Waals surface area (Å²) in [6.07, 6.45) is 0.436. The highest BCUT2D eigenvalue weighted by molar-refractivity contribution is 7.90. The Morgan fingerprint density at radius 3 is 2.61 bits per heavy atom. The number of aromatic nitrogens is 2. The van der Waals surface area contributed by atoms with Crippen LogP contribution in [0, 0.1) is 17.8 Å². The molecule has 0 unspecified atom stereocenters. The number of nitrogens with zero attached hydrogens (tertiary/aromatic N) is 3. The van der Waals surface area contributed by atoms with Crippen LogP contribution in [0.3, 0.4) is 0 Å². The maximum absolute atomic E-state index is 13.7. The van der Waals surface area contributed by atoms with Gasteiger partial charge >= 0.3 is 6.18 Å². The normalized spacial score (nSPS) is 19.8. The van der Waals surface area contributed by atoms with Crippen molar-refractivity contribution >= 4 is 32.5 Å². The zero-order valence-corrected chi connectivity index (χ0v) is 26.8. The number of carbonyl (C=O) groups is 1. The molecular formula is C32H38F3N5O5S. The van der Waals surface area contributed by atoms with Crippen molar-refractivity contribution in [2.75, 3.05) is 51.5 Å². The number of alkyl halides is 3. The molecule has 1 amide bonds. The standard InChI is InChI=1S/C32H38F3N5O5S/c1-21-18-39(23-9-13-45-14-10-23)12-8-26(21)38-31(41)25-15-22(16-28-30(25)37-20-40(28)19-32(33,34)35)5-4-11-36-27-17-24(46(3,42)43)6-7-29(27)44-2/h6-7,15-17,20-21,23,26,36H,8-14,18-19H2,1-3H3,(H,38,41)/t21-,26-/m0/s1. The van der Waals surface area contributed by atoms with Gasteiger partial charge in [0.1, 0.15) is 17.8 Å². The van der Waals surface area contributed by atoms with Gasteiger partial charge in [0.15, 0.2) is 9.84 Å². The number of halogens is 3. The van der Waals surface area contributed by atoms with Gasteiger partial charge in [0.2, 0.25) is 0 Å². The first kappa shape index (κ1) is 33.6. The number of hydrogen-bond acceptors (Lipinski definition) is 8. The number of imidazole rings is 1. The number of methoxy groups -OCH3 is 1. The lowest BCUT2D eigenvalue weighted by Crippen LogP contribution is -2.53. The summed E-state index contributed by atoms with van der Waals surface area (Å²) in [6.45, 7) is 4.08. The van der Waals surface area contributed by atoms with E-state index in [1.165, 1.54) is 31.4 Å². The minimum Gasteiger partial charge on any atom is -0.495 e. The van der Waals surface area contributed by atoms with Crippen molar-refractivity contribution in [2.24, 2.45) is 5.92 Å². The largest absolute Gasteiger partial charge is 0.495 e. The van der Waals surface area contributed by atoms with Crippen LogP contribution >= 0.6 is 0 Å².